The summed E-state index contributed by atoms with van der Waals surface area (Å²) in [7, 11) is 0. The maximum Gasteiger partial charge on any atom is 0.335 e. The fraction of sp³-hybridized carbons (Fsp3) is 0.192. The summed E-state index contributed by atoms with van der Waals surface area (Å²) in [5.74, 6) is 0.123. The number of carboxylic acid groups (broad SMARTS) is 1. The van der Waals surface area contributed by atoms with Gasteiger partial charge in [-0.05, 0) is 67.9 Å². The molecule has 0 unspecified atom stereocenters. The fourth-order valence-electron chi connectivity index (χ4n) is 3.07. The predicted molar refractivity (Wildman–Crippen MR) is 133 cm³/mol. The summed E-state index contributed by atoms with van der Waals surface area (Å²) in [5, 5.41) is 13.5. The van der Waals surface area contributed by atoms with Gasteiger partial charge in [-0.1, -0.05) is 23.7 Å². The Morgan fingerprint density at radius 3 is 2.23 bits per heavy atom. The molecule has 0 spiro atoms. The smallest absolute Gasteiger partial charge is 0.335 e. The molecule has 182 valence electrons. The number of nitrogens with zero attached hydrogens (tertiary/aromatic N) is 1. The van der Waals surface area contributed by atoms with E-state index in [1.807, 2.05) is 13.8 Å². The zero-order chi connectivity index (χ0) is 25.2. The van der Waals surface area contributed by atoms with Crippen LogP contribution in [0.25, 0.3) is 0 Å². The second-order valence-electron chi connectivity index (χ2n) is 7.20. The molecule has 0 bridgehead atoms. The van der Waals surface area contributed by atoms with Crippen molar-refractivity contribution in [3.05, 3.63) is 87.9 Å². The number of amides is 1. The Morgan fingerprint density at radius 1 is 0.886 bits per heavy atom. The van der Waals surface area contributed by atoms with E-state index in [-0.39, 0.29) is 12.2 Å². The third-order valence-electron chi connectivity index (χ3n) is 4.74. The number of ether oxygens (including phenoxy) is 3. The first-order valence-corrected chi connectivity index (χ1v) is 11.3. The minimum atomic E-state index is -0.991. The molecule has 0 saturated carbocycles. The normalized spacial score (nSPS) is 10.7. The second kappa shape index (κ2) is 12.4. The third-order valence-corrected chi connectivity index (χ3v) is 4.98. The topological polar surface area (TPSA) is 106 Å². The largest absolute Gasteiger partial charge is 0.490 e. The molecule has 8 nitrogen and oxygen atoms in total. The van der Waals surface area contributed by atoms with E-state index in [0.29, 0.717) is 46.6 Å². The number of hydrogen-bond donors (Lipinski definition) is 2. The highest BCUT2D eigenvalue weighted by molar-refractivity contribution is 6.30. The molecule has 0 aliphatic heterocycles. The zero-order valence-corrected chi connectivity index (χ0v) is 20.0. The average Bonchev–Trinajstić information content (AvgIpc) is 2.85. The number of carbonyl (C=O) groups is 2. The summed E-state index contributed by atoms with van der Waals surface area (Å²) >= 11 is 6.12. The highest BCUT2D eigenvalue weighted by Gasteiger charge is 2.11. The molecule has 3 aromatic rings. The highest BCUT2D eigenvalue weighted by atomic mass is 35.5. The van der Waals surface area contributed by atoms with Crippen LogP contribution in [-0.4, -0.2) is 36.4 Å². The van der Waals surface area contributed by atoms with Crippen molar-refractivity contribution in [3.63, 3.8) is 0 Å². The summed E-state index contributed by atoms with van der Waals surface area (Å²) in [6.45, 7) is 4.84. The second-order valence-corrected chi connectivity index (χ2v) is 7.64. The van der Waals surface area contributed by atoms with Gasteiger partial charge in [0, 0.05) is 16.1 Å². The Labute approximate surface area is 208 Å². The van der Waals surface area contributed by atoms with Gasteiger partial charge < -0.3 is 19.3 Å². The SMILES string of the molecule is CCOc1ccc(C(=O)N/N=C/c2cc(Cl)ccc2OCc2ccc(C(=O)O)cc2)cc1OCC. The first kappa shape index (κ1) is 25.6. The van der Waals surface area contributed by atoms with Crippen LogP contribution >= 0.6 is 11.6 Å². The minimum absolute atomic E-state index is 0.199. The van der Waals surface area contributed by atoms with Gasteiger partial charge in [-0.15, -0.1) is 0 Å². The molecule has 3 aromatic carbocycles. The minimum Gasteiger partial charge on any atom is -0.490 e. The van der Waals surface area contributed by atoms with E-state index in [0.717, 1.165) is 5.56 Å². The lowest BCUT2D eigenvalue weighted by atomic mass is 10.1. The summed E-state index contributed by atoms with van der Waals surface area (Å²) in [4.78, 5) is 23.6. The van der Waals surface area contributed by atoms with Crippen molar-refractivity contribution >= 4 is 29.7 Å². The first-order valence-electron chi connectivity index (χ1n) is 10.9. The van der Waals surface area contributed by atoms with E-state index in [9.17, 15) is 9.59 Å². The van der Waals surface area contributed by atoms with Crippen molar-refractivity contribution in [2.24, 2.45) is 5.10 Å². The van der Waals surface area contributed by atoms with Gasteiger partial charge in [0.15, 0.2) is 11.5 Å². The quantitative estimate of drug-likeness (QED) is 0.280. The Balaban J connectivity index is 1.68. The number of hydrogen-bond acceptors (Lipinski definition) is 6. The molecular formula is C26H25ClN2O6. The lowest BCUT2D eigenvalue weighted by Crippen LogP contribution is -2.18. The number of halogens is 1. The summed E-state index contributed by atoms with van der Waals surface area (Å²) < 4.78 is 16.9. The number of hydrazone groups is 1. The van der Waals surface area contributed by atoms with Crippen LogP contribution in [0.2, 0.25) is 5.02 Å². The Hall–Kier alpha value is -4.04. The van der Waals surface area contributed by atoms with Crippen molar-refractivity contribution in [1.29, 1.82) is 0 Å². The molecule has 3 rings (SSSR count). The lowest BCUT2D eigenvalue weighted by molar-refractivity contribution is 0.0696. The summed E-state index contributed by atoms with van der Waals surface area (Å²) in [6, 6.07) is 16.3. The molecule has 0 fully saturated rings. The van der Waals surface area contributed by atoms with E-state index >= 15 is 0 Å². The van der Waals surface area contributed by atoms with E-state index in [1.165, 1.54) is 18.3 Å². The number of nitrogens with one attached hydrogen (secondary N) is 1. The van der Waals surface area contributed by atoms with Crippen molar-refractivity contribution in [2.75, 3.05) is 13.2 Å². The van der Waals surface area contributed by atoms with E-state index in [4.69, 9.17) is 30.9 Å². The van der Waals surface area contributed by atoms with Crippen LogP contribution in [0.15, 0.2) is 65.8 Å². The van der Waals surface area contributed by atoms with Gasteiger partial charge >= 0.3 is 5.97 Å². The molecule has 0 saturated heterocycles. The van der Waals surface area contributed by atoms with E-state index in [1.54, 1.807) is 48.5 Å². The molecular weight excluding hydrogens is 472 g/mol. The van der Waals surface area contributed by atoms with Crippen LogP contribution in [0.1, 0.15) is 45.7 Å². The summed E-state index contributed by atoms with van der Waals surface area (Å²) in [5.41, 5.74) is 4.40. The van der Waals surface area contributed by atoms with Crippen molar-refractivity contribution < 1.29 is 28.9 Å². The molecule has 0 radical (unpaired) electrons. The number of benzene rings is 3. The molecule has 1 amide bonds. The Bertz CT molecular complexity index is 1210. The average molecular weight is 497 g/mol. The van der Waals surface area contributed by atoms with E-state index in [2.05, 4.69) is 10.5 Å². The monoisotopic (exact) mass is 496 g/mol. The molecule has 0 aliphatic carbocycles. The third kappa shape index (κ3) is 7.22. The molecule has 0 atom stereocenters. The Morgan fingerprint density at radius 2 is 1.54 bits per heavy atom. The fourth-order valence-corrected chi connectivity index (χ4v) is 3.25. The van der Waals surface area contributed by atoms with Crippen molar-refractivity contribution in [2.45, 2.75) is 20.5 Å². The predicted octanol–water partition coefficient (Wildman–Crippen LogP) is 5.18. The van der Waals surface area contributed by atoms with Crippen LogP contribution in [-0.2, 0) is 6.61 Å². The molecule has 35 heavy (non-hydrogen) atoms. The van der Waals surface area contributed by atoms with Crippen LogP contribution in [0.5, 0.6) is 17.2 Å². The van der Waals surface area contributed by atoms with E-state index < -0.39 is 11.9 Å². The number of carbonyl (C=O) groups excluding carboxylic acids is 1. The zero-order valence-electron chi connectivity index (χ0n) is 19.3. The number of carboxylic acids is 1. The van der Waals surface area contributed by atoms with Gasteiger partial charge in [0.1, 0.15) is 12.4 Å². The van der Waals surface area contributed by atoms with Crippen molar-refractivity contribution in [1.82, 2.24) is 5.43 Å². The molecule has 2 N–H and O–H groups in total. The van der Waals surface area contributed by atoms with Crippen molar-refractivity contribution in [3.8, 4) is 17.2 Å². The first-order chi connectivity index (χ1) is 16.9. The molecule has 0 aliphatic rings. The number of aromatic carboxylic acids is 1. The maximum atomic E-state index is 12.6. The molecule has 0 aromatic heterocycles. The molecule has 9 heteroatoms. The standard InChI is InChI=1S/C26H25ClN2O6/c1-3-33-23-11-9-19(14-24(23)34-4-2)25(30)29-28-15-20-13-21(27)10-12-22(20)35-16-17-5-7-18(8-6-17)26(31)32/h5-15H,3-4,16H2,1-2H3,(H,29,30)(H,31,32)/b28-15+. The lowest BCUT2D eigenvalue weighted by Gasteiger charge is -2.12. The number of rotatable bonds is 11. The van der Waals surface area contributed by atoms with Crippen LogP contribution in [0, 0.1) is 0 Å². The van der Waals surface area contributed by atoms with Gasteiger partial charge in [0.05, 0.1) is 25.0 Å². The van der Waals surface area contributed by atoms with Crippen LogP contribution < -0.4 is 19.6 Å². The van der Waals surface area contributed by atoms with Crippen LogP contribution in [0.3, 0.4) is 0 Å². The van der Waals surface area contributed by atoms with Gasteiger partial charge in [0.2, 0.25) is 0 Å². The van der Waals surface area contributed by atoms with Gasteiger partial charge in [-0.2, -0.15) is 5.10 Å². The summed E-state index contributed by atoms with van der Waals surface area (Å²) in [6.07, 6.45) is 1.44. The Kier molecular flexibility index (Phi) is 9.09. The van der Waals surface area contributed by atoms with Gasteiger partial charge in [-0.25, -0.2) is 10.2 Å². The van der Waals surface area contributed by atoms with Gasteiger partial charge in [0.25, 0.3) is 5.91 Å². The van der Waals surface area contributed by atoms with Gasteiger partial charge in [-0.3, -0.25) is 4.79 Å². The van der Waals surface area contributed by atoms with Crippen LogP contribution in [0.4, 0.5) is 0 Å². The maximum absolute atomic E-state index is 12.6. The highest BCUT2D eigenvalue weighted by Crippen LogP contribution is 2.28. The molecule has 0 heterocycles.